The Labute approximate surface area is 263 Å². The van der Waals surface area contributed by atoms with Crippen LogP contribution in [0.25, 0.3) is 11.1 Å². The Morgan fingerprint density at radius 1 is 1.11 bits per heavy atom. The second-order valence-electron chi connectivity index (χ2n) is 14.3. The van der Waals surface area contributed by atoms with Crippen LogP contribution in [-0.2, 0) is 4.74 Å². The number of ether oxygens (including phenoxy) is 2. The second-order valence-corrected chi connectivity index (χ2v) is 14.3. The van der Waals surface area contributed by atoms with Crippen LogP contribution < -0.4 is 15.0 Å². The number of carbonyl (C=O) groups excluding carboxylic acids is 1. The quantitative estimate of drug-likeness (QED) is 0.355. The zero-order chi connectivity index (χ0) is 31.3. The number of nitrogens with zero attached hydrogens (tertiary/aromatic N) is 7. The average molecular weight is 617 g/mol. The molecule has 3 aromatic rings. The van der Waals surface area contributed by atoms with E-state index in [2.05, 4.69) is 47.2 Å². The minimum Gasteiger partial charge on any atom is -0.444 e. The van der Waals surface area contributed by atoms with Gasteiger partial charge in [-0.3, -0.25) is 4.90 Å². The molecule has 1 unspecified atom stereocenters. The predicted molar refractivity (Wildman–Crippen MR) is 165 cm³/mol. The van der Waals surface area contributed by atoms with Crippen LogP contribution in [0.2, 0.25) is 0 Å². The summed E-state index contributed by atoms with van der Waals surface area (Å²) in [6.07, 6.45) is 9.53. The molecule has 1 atom stereocenters. The van der Waals surface area contributed by atoms with Crippen molar-refractivity contribution >= 4 is 11.9 Å². The Hall–Kier alpha value is -3.93. The van der Waals surface area contributed by atoms with E-state index in [1.165, 1.54) is 18.5 Å². The van der Waals surface area contributed by atoms with Gasteiger partial charge in [0.05, 0.1) is 5.69 Å². The Balaban J connectivity index is 0.986. The molecule has 7 rings (SSSR count). The molecular formula is C33H41FN8O3. The first-order chi connectivity index (χ1) is 21.6. The summed E-state index contributed by atoms with van der Waals surface area (Å²) in [6.45, 7) is 11.7. The number of hydrogen-bond acceptors (Lipinski definition) is 10. The van der Waals surface area contributed by atoms with Crippen LogP contribution in [0.15, 0.2) is 37.1 Å². The zero-order valence-corrected chi connectivity index (χ0v) is 26.4. The van der Waals surface area contributed by atoms with E-state index in [9.17, 15) is 9.18 Å². The molecule has 2 aromatic heterocycles. The molecule has 0 bridgehead atoms. The van der Waals surface area contributed by atoms with Crippen molar-refractivity contribution in [3.05, 3.63) is 48.6 Å². The summed E-state index contributed by atoms with van der Waals surface area (Å²) in [5, 5.41) is 11.3. The van der Waals surface area contributed by atoms with E-state index in [-0.39, 0.29) is 23.4 Å². The molecule has 4 aliphatic rings. The van der Waals surface area contributed by atoms with E-state index in [4.69, 9.17) is 9.47 Å². The third-order valence-corrected chi connectivity index (χ3v) is 9.69. The first-order valence-corrected chi connectivity index (χ1v) is 16.0. The first kappa shape index (κ1) is 29.8. The van der Waals surface area contributed by atoms with Crippen molar-refractivity contribution in [2.75, 3.05) is 31.1 Å². The van der Waals surface area contributed by atoms with Gasteiger partial charge in [-0.2, -0.15) is 0 Å². The van der Waals surface area contributed by atoms with Crippen molar-refractivity contribution in [3.8, 4) is 22.8 Å². The number of alkyl carbamates (subject to hydrolysis) is 1. The first-order valence-electron chi connectivity index (χ1n) is 16.0. The fourth-order valence-corrected chi connectivity index (χ4v) is 7.10. The van der Waals surface area contributed by atoms with Crippen molar-refractivity contribution in [1.29, 1.82) is 0 Å². The standard InChI is InChI=1S/C33H41FN8O3/c1-20(22-11-24(12-22)39-31(43)45-32(2,3)4)42-16-33(17-42)9-10-41(15-33)29-30(40-38-19-37-29)44-27-8-7-23(34)13-25(27)26-14-35-18-36-28(26)21-5-6-21/h7-8,13-14,18-22,24H,5-6,9-12,15-17H2,1-4H3,(H,39,43). The van der Waals surface area contributed by atoms with Crippen LogP contribution >= 0.6 is 0 Å². The summed E-state index contributed by atoms with van der Waals surface area (Å²) in [4.78, 5) is 30.2. The van der Waals surface area contributed by atoms with Crippen LogP contribution in [-0.4, -0.2) is 80.0 Å². The van der Waals surface area contributed by atoms with Crippen LogP contribution in [0.4, 0.5) is 15.0 Å². The molecule has 1 aromatic carbocycles. The zero-order valence-electron chi connectivity index (χ0n) is 26.4. The van der Waals surface area contributed by atoms with Crippen molar-refractivity contribution in [1.82, 2.24) is 35.4 Å². The van der Waals surface area contributed by atoms with Gasteiger partial charge in [-0.05, 0) is 83.9 Å². The van der Waals surface area contributed by atoms with Gasteiger partial charge in [0.1, 0.15) is 29.8 Å². The van der Waals surface area contributed by atoms with Crippen molar-refractivity contribution < 1.29 is 18.7 Å². The number of carbonyl (C=O) groups is 1. The van der Waals surface area contributed by atoms with Crippen LogP contribution in [0.5, 0.6) is 11.6 Å². The molecule has 11 nitrogen and oxygen atoms in total. The number of aromatic nitrogens is 5. The molecule has 1 spiro atoms. The molecule has 2 saturated carbocycles. The highest BCUT2D eigenvalue weighted by atomic mass is 19.1. The van der Waals surface area contributed by atoms with E-state index in [0.717, 1.165) is 69.5 Å². The number of halogens is 1. The van der Waals surface area contributed by atoms with Gasteiger partial charge >= 0.3 is 6.09 Å². The van der Waals surface area contributed by atoms with Gasteiger partial charge in [0.15, 0.2) is 5.82 Å². The predicted octanol–water partition coefficient (Wildman–Crippen LogP) is 5.34. The number of amides is 1. The minimum absolute atomic E-state index is 0.185. The lowest BCUT2D eigenvalue weighted by atomic mass is 9.71. The molecule has 238 valence electrons. The van der Waals surface area contributed by atoms with E-state index < -0.39 is 5.60 Å². The Morgan fingerprint density at radius 2 is 1.91 bits per heavy atom. The monoisotopic (exact) mass is 616 g/mol. The normalized spacial score (nSPS) is 23.3. The molecule has 1 N–H and O–H groups in total. The van der Waals surface area contributed by atoms with Gasteiger partial charge < -0.3 is 19.7 Å². The van der Waals surface area contributed by atoms with Gasteiger partial charge in [-0.15, -0.1) is 10.2 Å². The molecule has 1 amide bonds. The molecular weight excluding hydrogens is 575 g/mol. The lowest BCUT2D eigenvalue weighted by molar-refractivity contribution is -0.0467. The topological polar surface area (TPSA) is 118 Å². The highest BCUT2D eigenvalue weighted by molar-refractivity contribution is 5.73. The minimum atomic E-state index is -0.489. The molecule has 2 saturated heterocycles. The molecule has 2 aliphatic carbocycles. The maximum absolute atomic E-state index is 14.5. The lowest BCUT2D eigenvalue weighted by Crippen LogP contribution is -2.63. The fourth-order valence-electron chi connectivity index (χ4n) is 7.10. The number of likely N-dealkylation sites (tertiary alicyclic amines) is 1. The SMILES string of the molecule is CC(C1CC(NC(=O)OC(C)(C)C)C1)N1CC2(CCN(c3ncnnc3Oc3ccc(F)cc3-c3cncnc3C3CC3)C2)C1. The van der Waals surface area contributed by atoms with Crippen molar-refractivity contribution in [2.45, 2.75) is 83.4 Å². The maximum atomic E-state index is 14.5. The molecule has 4 heterocycles. The van der Waals surface area contributed by atoms with Crippen LogP contribution in [0, 0.1) is 17.2 Å². The van der Waals surface area contributed by atoms with E-state index in [1.54, 1.807) is 18.6 Å². The summed E-state index contributed by atoms with van der Waals surface area (Å²) >= 11 is 0. The number of nitrogens with one attached hydrogen (secondary N) is 1. The third-order valence-electron chi connectivity index (χ3n) is 9.69. The molecule has 45 heavy (non-hydrogen) atoms. The number of anilines is 1. The number of rotatable bonds is 8. The Morgan fingerprint density at radius 3 is 2.67 bits per heavy atom. The van der Waals surface area contributed by atoms with E-state index in [1.807, 2.05) is 20.8 Å². The summed E-state index contributed by atoms with van der Waals surface area (Å²) < 4.78 is 26.3. The maximum Gasteiger partial charge on any atom is 0.407 e. The third kappa shape index (κ3) is 6.29. The highest BCUT2D eigenvalue weighted by Gasteiger charge is 2.51. The van der Waals surface area contributed by atoms with Gasteiger partial charge in [0.2, 0.25) is 0 Å². The Bertz CT molecular complexity index is 1570. The smallest absolute Gasteiger partial charge is 0.407 e. The second kappa shape index (κ2) is 11.5. The molecule has 4 fully saturated rings. The van der Waals surface area contributed by atoms with Gasteiger partial charge in [0, 0.05) is 66.9 Å². The van der Waals surface area contributed by atoms with Crippen molar-refractivity contribution in [2.24, 2.45) is 11.3 Å². The molecule has 0 radical (unpaired) electrons. The van der Waals surface area contributed by atoms with Crippen molar-refractivity contribution in [3.63, 3.8) is 0 Å². The largest absolute Gasteiger partial charge is 0.444 e. The van der Waals surface area contributed by atoms with Gasteiger partial charge in [-0.1, -0.05) is 0 Å². The lowest BCUT2D eigenvalue weighted by Gasteiger charge is -2.54. The van der Waals surface area contributed by atoms with E-state index in [0.29, 0.717) is 40.9 Å². The average Bonchev–Trinajstić information content (AvgIpc) is 3.71. The molecule has 2 aliphatic heterocycles. The Kier molecular flexibility index (Phi) is 7.58. The number of benzene rings is 1. The van der Waals surface area contributed by atoms with Crippen LogP contribution in [0.1, 0.15) is 71.4 Å². The van der Waals surface area contributed by atoms with Gasteiger partial charge in [0.25, 0.3) is 5.88 Å². The van der Waals surface area contributed by atoms with Gasteiger partial charge in [-0.25, -0.2) is 24.1 Å². The summed E-state index contributed by atoms with van der Waals surface area (Å²) in [7, 11) is 0. The summed E-state index contributed by atoms with van der Waals surface area (Å²) in [6, 6.07) is 5.12. The van der Waals surface area contributed by atoms with Crippen LogP contribution in [0.3, 0.4) is 0 Å². The summed E-state index contributed by atoms with van der Waals surface area (Å²) in [5.74, 6) is 1.97. The summed E-state index contributed by atoms with van der Waals surface area (Å²) in [5.41, 5.74) is 1.98. The fraction of sp³-hybridized carbons (Fsp3) is 0.576. The number of hydrogen-bond donors (Lipinski definition) is 1. The molecule has 12 heteroatoms. The highest BCUT2D eigenvalue weighted by Crippen LogP contribution is 2.47. The van der Waals surface area contributed by atoms with E-state index >= 15 is 0 Å².